The van der Waals surface area contributed by atoms with Crippen LogP contribution in [0.4, 0.5) is 0 Å². The van der Waals surface area contributed by atoms with E-state index in [1.807, 2.05) is 0 Å². The van der Waals surface area contributed by atoms with Gasteiger partial charge in [0.15, 0.2) is 0 Å². The SMILES string of the molecule is O=C(O)c1ccc2c(c1)[nH]c(=O)n2-c1cc(Br)ccc1Cl. The van der Waals surface area contributed by atoms with Crippen LogP contribution in [0.15, 0.2) is 45.7 Å². The van der Waals surface area contributed by atoms with Crippen molar-refractivity contribution in [1.29, 1.82) is 0 Å². The Hall–Kier alpha value is -2.05. The van der Waals surface area contributed by atoms with Gasteiger partial charge in [-0.1, -0.05) is 27.5 Å². The average Bonchev–Trinajstić information content (AvgIpc) is 2.76. The molecule has 21 heavy (non-hydrogen) atoms. The number of carboxylic acids is 1. The Morgan fingerprint density at radius 2 is 2.00 bits per heavy atom. The number of aromatic amines is 1. The molecule has 5 nitrogen and oxygen atoms in total. The molecule has 0 aliphatic carbocycles. The summed E-state index contributed by atoms with van der Waals surface area (Å²) >= 11 is 9.49. The van der Waals surface area contributed by atoms with E-state index in [4.69, 9.17) is 16.7 Å². The number of nitrogens with one attached hydrogen (secondary N) is 1. The summed E-state index contributed by atoms with van der Waals surface area (Å²) in [6, 6.07) is 9.62. The average molecular weight is 368 g/mol. The van der Waals surface area contributed by atoms with Gasteiger partial charge in [0, 0.05) is 4.47 Å². The van der Waals surface area contributed by atoms with Crippen molar-refractivity contribution in [3.63, 3.8) is 0 Å². The van der Waals surface area contributed by atoms with E-state index >= 15 is 0 Å². The van der Waals surface area contributed by atoms with Crippen LogP contribution >= 0.6 is 27.5 Å². The summed E-state index contributed by atoms with van der Waals surface area (Å²) in [5.41, 5.74) is 1.25. The van der Waals surface area contributed by atoms with Gasteiger partial charge < -0.3 is 10.1 Å². The van der Waals surface area contributed by atoms with Gasteiger partial charge in [-0.15, -0.1) is 0 Å². The number of hydrogen-bond acceptors (Lipinski definition) is 2. The molecule has 0 fully saturated rings. The molecule has 3 aromatic rings. The molecule has 0 unspecified atom stereocenters. The minimum Gasteiger partial charge on any atom is -0.478 e. The first-order valence-corrected chi connectivity index (χ1v) is 7.08. The molecule has 2 N–H and O–H groups in total. The second-order valence-corrected chi connectivity index (χ2v) is 5.72. The van der Waals surface area contributed by atoms with Crippen LogP contribution in [-0.4, -0.2) is 20.6 Å². The molecule has 0 aliphatic rings. The first-order valence-electron chi connectivity index (χ1n) is 5.91. The molecular formula is C14H8BrClN2O3. The molecule has 106 valence electrons. The number of halogens is 2. The molecular weight excluding hydrogens is 360 g/mol. The van der Waals surface area contributed by atoms with Gasteiger partial charge in [-0.25, -0.2) is 9.59 Å². The van der Waals surface area contributed by atoms with Crippen LogP contribution in [0.3, 0.4) is 0 Å². The number of carboxylic acid groups (broad SMARTS) is 1. The van der Waals surface area contributed by atoms with Crippen LogP contribution in [0.1, 0.15) is 10.4 Å². The van der Waals surface area contributed by atoms with E-state index in [9.17, 15) is 9.59 Å². The molecule has 2 aromatic carbocycles. The maximum Gasteiger partial charge on any atom is 0.335 e. The van der Waals surface area contributed by atoms with E-state index in [-0.39, 0.29) is 11.3 Å². The lowest BCUT2D eigenvalue weighted by atomic mass is 10.2. The Morgan fingerprint density at radius 3 is 2.71 bits per heavy atom. The van der Waals surface area contributed by atoms with Gasteiger partial charge in [-0.3, -0.25) is 4.57 Å². The maximum atomic E-state index is 12.2. The molecule has 0 aliphatic heterocycles. The fraction of sp³-hybridized carbons (Fsp3) is 0. The lowest BCUT2D eigenvalue weighted by Crippen LogP contribution is -2.14. The van der Waals surface area contributed by atoms with Gasteiger partial charge in [-0.2, -0.15) is 0 Å². The Morgan fingerprint density at radius 1 is 1.24 bits per heavy atom. The summed E-state index contributed by atoms with van der Waals surface area (Å²) in [6.07, 6.45) is 0. The number of fused-ring (bicyclic) bond motifs is 1. The number of benzene rings is 2. The number of H-pyrrole nitrogens is 1. The molecule has 0 saturated carbocycles. The smallest absolute Gasteiger partial charge is 0.335 e. The quantitative estimate of drug-likeness (QED) is 0.728. The molecule has 0 saturated heterocycles. The highest BCUT2D eigenvalue weighted by atomic mass is 79.9. The van der Waals surface area contributed by atoms with E-state index < -0.39 is 5.97 Å². The third-order valence-corrected chi connectivity index (χ3v) is 3.89. The normalized spacial score (nSPS) is 11.0. The predicted molar refractivity (Wildman–Crippen MR) is 83.6 cm³/mol. The van der Waals surface area contributed by atoms with Crippen molar-refractivity contribution >= 4 is 44.5 Å². The topological polar surface area (TPSA) is 75.1 Å². The van der Waals surface area contributed by atoms with Crippen LogP contribution < -0.4 is 5.69 Å². The first-order chi connectivity index (χ1) is 9.97. The predicted octanol–water partition coefficient (Wildman–Crippen LogP) is 3.43. The first kappa shape index (κ1) is 13.9. The molecule has 7 heteroatoms. The number of rotatable bonds is 2. The number of aromatic nitrogens is 2. The Bertz CT molecular complexity index is 930. The largest absolute Gasteiger partial charge is 0.478 e. The van der Waals surface area contributed by atoms with E-state index in [2.05, 4.69) is 20.9 Å². The van der Waals surface area contributed by atoms with Crippen LogP contribution in [0.5, 0.6) is 0 Å². The summed E-state index contributed by atoms with van der Waals surface area (Å²) in [5.74, 6) is -1.05. The monoisotopic (exact) mass is 366 g/mol. The van der Waals surface area contributed by atoms with Crippen molar-refractivity contribution in [2.75, 3.05) is 0 Å². The van der Waals surface area contributed by atoms with E-state index in [0.717, 1.165) is 4.47 Å². The highest BCUT2D eigenvalue weighted by Crippen LogP contribution is 2.26. The number of hydrogen-bond donors (Lipinski definition) is 2. The number of carbonyl (C=O) groups is 1. The summed E-state index contributed by atoms with van der Waals surface area (Å²) in [5, 5.41) is 9.41. The number of imidazole rings is 1. The second-order valence-electron chi connectivity index (χ2n) is 4.40. The van der Waals surface area contributed by atoms with E-state index in [0.29, 0.717) is 21.7 Å². The Balaban J connectivity index is 2.33. The van der Waals surface area contributed by atoms with Crippen molar-refractivity contribution in [2.24, 2.45) is 0 Å². The van der Waals surface area contributed by atoms with Gasteiger partial charge in [-0.05, 0) is 36.4 Å². The summed E-state index contributed by atoms with van der Waals surface area (Å²) in [4.78, 5) is 25.8. The van der Waals surface area contributed by atoms with Crippen molar-refractivity contribution in [2.45, 2.75) is 0 Å². The standard InChI is InChI=1S/C14H8BrClN2O3/c15-8-2-3-9(16)12(6-8)18-11-4-1-7(13(19)20)5-10(11)17-14(18)21/h1-6H,(H,17,21)(H,19,20). The summed E-state index contributed by atoms with van der Waals surface area (Å²) in [6.45, 7) is 0. The summed E-state index contributed by atoms with van der Waals surface area (Å²) < 4.78 is 2.19. The Kier molecular flexibility index (Phi) is 3.35. The molecule has 0 atom stereocenters. The van der Waals surface area contributed by atoms with Gasteiger partial charge >= 0.3 is 11.7 Å². The number of nitrogens with zero attached hydrogens (tertiary/aromatic N) is 1. The highest BCUT2D eigenvalue weighted by Gasteiger charge is 2.14. The van der Waals surface area contributed by atoms with Crippen LogP contribution in [0.2, 0.25) is 5.02 Å². The molecule has 0 amide bonds. The van der Waals surface area contributed by atoms with Crippen molar-refractivity contribution in [3.8, 4) is 5.69 Å². The van der Waals surface area contributed by atoms with Crippen LogP contribution in [-0.2, 0) is 0 Å². The molecule has 0 bridgehead atoms. The van der Waals surface area contributed by atoms with Crippen molar-refractivity contribution in [3.05, 3.63) is 61.9 Å². The Labute approximate surface area is 131 Å². The second kappa shape index (κ2) is 5.05. The summed E-state index contributed by atoms with van der Waals surface area (Å²) in [7, 11) is 0. The maximum absolute atomic E-state index is 12.2. The molecule has 3 rings (SSSR count). The van der Waals surface area contributed by atoms with Crippen LogP contribution in [0.25, 0.3) is 16.7 Å². The zero-order valence-corrected chi connectivity index (χ0v) is 12.8. The highest BCUT2D eigenvalue weighted by molar-refractivity contribution is 9.10. The molecule has 0 radical (unpaired) electrons. The lowest BCUT2D eigenvalue weighted by molar-refractivity contribution is 0.0697. The van der Waals surface area contributed by atoms with E-state index in [1.165, 1.54) is 16.7 Å². The minimum atomic E-state index is -1.05. The van der Waals surface area contributed by atoms with Gasteiger partial charge in [0.25, 0.3) is 0 Å². The van der Waals surface area contributed by atoms with E-state index in [1.54, 1.807) is 24.3 Å². The van der Waals surface area contributed by atoms with Crippen molar-refractivity contribution in [1.82, 2.24) is 9.55 Å². The zero-order chi connectivity index (χ0) is 15.1. The minimum absolute atomic E-state index is 0.108. The fourth-order valence-corrected chi connectivity index (χ4v) is 2.69. The van der Waals surface area contributed by atoms with Gasteiger partial charge in [0.1, 0.15) is 0 Å². The van der Waals surface area contributed by atoms with Gasteiger partial charge in [0.2, 0.25) is 0 Å². The van der Waals surface area contributed by atoms with Crippen molar-refractivity contribution < 1.29 is 9.90 Å². The molecule has 1 heterocycles. The number of aromatic carboxylic acids is 1. The molecule has 0 spiro atoms. The zero-order valence-electron chi connectivity index (χ0n) is 10.4. The van der Waals surface area contributed by atoms with Gasteiger partial charge in [0.05, 0.1) is 27.3 Å². The third-order valence-electron chi connectivity index (χ3n) is 3.08. The lowest BCUT2D eigenvalue weighted by Gasteiger charge is -2.06. The fourth-order valence-electron chi connectivity index (χ4n) is 2.14. The van der Waals surface area contributed by atoms with Crippen LogP contribution in [0, 0.1) is 0 Å². The third kappa shape index (κ3) is 2.36. The molecule has 1 aromatic heterocycles.